The summed E-state index contributed by atoms with van der Waals surface area (Å²) in [6, 6.07) is 0. The predicted octanol–water partition coefficient (Wildman–Crippen LogP) is 0.221. The van der Waals surface area contributed by atoms with E-state index in [9.17, 15) is 4.79 Å². The van der Waals surface area contributed by atoms with Gasteiger partial charge >= 0.3 is 0 Å². The van der Waals surface area contributed by atoms with E-state index in [1.54, 1.807) is 18.2 Å². The lowest BCUT2D eigenvalue weighted by Crippen LogP contribution is -2.46. The van der Waals surface area contributed by atoms with Crippen LogP contribution < -0.4 is 4.90 Å². The molecule has 1 aromatic heterocycles. The van der Waals surface area contributed by atoms with Crippen LogP contribution in [0.2, 0.25) is 0 Å². The van der Waals surface area contributed by atoms with Crippen molar-refractivity contribution in [2.75, 3.05) is 57.9 Å². The van der Waals surface area contributed by atoms with Gasteiger partial charge in [0.25, 0.3) is 5.91 Å². The van der Waals surface area contributed by atoms with Gasteiger partial charge in [-0.2, -0.15) is 0 Å². The van der Waals surface area contributed by atoms with Gasteiger partial charge in [0, 0.05) is 46.0 Å². The lowest BCUT2D eigenvalue weighted by atomic mass is 10.2. The second-order valence-electron chi connectivity index (χ2n) is 5.67. The van der Waals surface area contributed by atoms with Gasteiger partial charge in [-0.3, -0.25) is 4.79 Å². The lowest BCUT2D eigenvalue weighted by Gasteiger charge is -2.34. The number of hydrogen-bond acceptors (Lipinski definition) is 6. The first-order valence-electron chi connectivity index (χ1n) is 7.84. The molecule has 0 aliphatic carbocycles. The maximum Gasteiger partial charge on any atom is 0.257 e. The van der Waals surface area contributed by atoms with E-state index < -0.39 is 0 Å². The molecule has 0 N–H and O–H groups in total. The van der Waals surface area contributed by atoms with Crippen LogP contribution in [-0.2, 0) is 11.3 Å². The van der Waals surface area contributed by atoms with Crippen LogP contribution >= 0.6 is 0 Å². The summed E-state index contributed by atoms with van der Waals surface area (Å²) in [7, 11) is 1.64. The van der Waals surface area contributed by atoms with Crippen molar-refractivity contribution in [2.45, 2.75) is 13.5 Å². The number of carbonyl (C=O) groups is 1. The lowest BCUT2D eigenvalue weighted by molar-refractivity contribution is 0.0718. The molecule has 2 aliphatic rings. The molecule has 0 atom stereocenters. The molecule has 7 heteroatoms. The third kappa shape index (κ3) is 2.91. The highest BCUT2D eigenvalue weighted by molar-refractivity contribution is 5.97. The van der Waals surface area contributed by atoms with Crippen LogP contribution in [-0.4, -0.2) is 78.7 Å². The van der Waals surface area contributed by atoms with Crippen molar-refractivity contribution in [3.8, 4) is 0 Å². The molecular weight excluding hydrogens is 282 g/mol. The van der Waals surface area contributed by atoms with Gasteiger partial charge < -0.3 is 19.4 Å². The summed E-state index contributed by atoms with van der Waals surface area (Å²) in [6.07, 6.45) is 1.68. The number of carbonyl (C=O) groups excluding carboxylic acids is 1. The summed E-state index contributed by atoms with van der Waals surface area (Å²) in [4.78, 5) is 27.7. The van der Waals surface area contributed by atoms with E-state index in [0.717, 1.165) is 44.4 Å². The molecule has 0 spiro atoms. The molecule has 22 heavy (non-hydrogen) atoms. The van der Waals surface area contributed by atoms with Crippen molar-refractivity contribution < 1.29 is 9.53 Å². The molecule has 1 aromatic rings. The van der Waals surface area contributed by atoms with Gasteiger partial charge in [-0.15, -0.1) is 0 Å². The van der Waals surface area contributed by atoms with Gasteiger partial charge in [-0.05, 0) is 6.54 Å². The number of hydrogen-bond donors (Lipinski definition) is 0. The minimum atomic E-state index is 0.00871. The second-order valence-corrected chi connectivity index (χ2v) is 5.67. The number of piperazine rings is 1. The number of methoxy groups -OCH3 is 1. The first-order chi connectivity index (χ1) is 10.7. The molecule has 0 aromatic carbocycles. The van der Waals surface area contributed by atoms with Crippen LogP contribution in [0, 0.1) is 0 Å². The monoisotopic (exact) mass is 305 g/mol. The summed E-state index contributed by atoms with van der Waals surface area (Å²) in [6.45, 7) is 8.91. The molecule has 0 bridgehead atoms. The van der Waals surface area contributed by atoms with Gasteiger partial charge in [0.2, 0.25) is 5.95 Å². The maximum atomic E-state index is 12.2. The van der Waals surface area contributed by atoms with E-state index in [1.165, 1.54) is 0 Å². The van der Waals surface area contributed by atoms with Crippen LogP contribution in [0.3, 0.4) is 0 Å². The summed E-state index contributed by atoms with van der Waals surface area (Å²) >= 11 is 0. The standard InChI is InChI=1S/C15H23N5O2/c1-3-18-4-6-19(7-5-18)15-16-10-12-13(17-15)11-20(14(12)21)8-9-22-2/h10H,3-9,11H2,1-2H3. The first-order valence-corrected chi connectivity index (χ1v) is 7.84. The Bertz CT molecular complexity index is 543. The van der Waals surface area contributed by atoms with Crippen LogP contribution in [0.4, 0.5) is 5.95 Å². The number of rotatable bonds is 5. The Morgan fingerprint density at radius 2 is 2.05 bits per heavy atom. The van der Waals surface area contributed by atoms with Gasteiger partial charge in [0.15, 0.2) is 0 Å². The number of ether oxygens (including phenoxy) is 1. The molecule has 1 fully saturated rings. The van der Waals surface area contributed by atoms with Gasteiger partial charge in [0.05, 0.1) is 24.4 Å². The van der Waals surface area contributed by atoms with Crippen LogP contribution in [0.1, 0.15) is 23.0 Å². The maximum absolute atomic E-state index is 12.2. The largest absolute Gasteiger partial charge is 0.383 e. The van der Waals surface area contributed by atoms with Crippen molar-refractivity contribution in [1.29, 1.82) is 0 Å². The molecule has 1 amide bonds. The highest BCUT2D eigenvalue weighted by Gasteiger charge is 2.30. The highest BCUT2D eigenvalue weighted by atomic mass is 16.5. The number of nitrogens with zero attached hydrogens (tertiary/aromatic N) is 5. The average molecular weight is 305 g/mol. The molecule has 0 unspecified atom stereocenters. The van der Waals surface area contributed by atoms with E-state index in [1.807, 2.05) is 0 Å². The van der Waals surface area contributed by atoms with E-state index in [2.05, 4.69) is 26.7 Å². The molecular formula is C15H23N5O2. The molecule has 3 heterocycles. The van der Waals surface area contributed by atoms with Crippen molar-refractivity contribution in [1.82, 2.24) is 19.8 Å². The molecule has 7 nitrogen and oxygen atoms in total. The third-order valence-electron chi connectivity index (χ3n) is 4.38. The molecule has 1 saturated heterocycles. The fourth-order valence-electron chi connectivity index (χ4n) is 2.93. The Hall–Kier alpha value is -1.73. The van der Waals surface area contributed by atoms with E-state index in [-0.39, 0.29) is 5.91 Å². The van der Waals surface area contributed by atoms with Gasteiger partial charge in [0.1, 0.15) is 0 Å². The average Bonchev–Trinajstić information content (AvgIpc) is 2.88. The summed E-state index contributed by atoms with van der Waals surface area (Å²) in [5.74, 6) is 0.755. The Labute approximate surface area is 130 Å². The number of aromatic nitrogens is 2. The molecule has 3 rings (SSSR count). The topological polar surface area (TPSA) is 61.8 Å². The summed E-state index contributed by atoms with van der Waals surface area (Å²) in [5, 5.41) is 0. The van der Waals surface area contributed by atoms with Crippen LogP contribution in [0.15, 0.2) is 6.20 Å². The molecule has 2 aliphatic heterocycles. The quantitative estimate of drug-likeness (QED) is 0.775. The van der Waals surface area contributed by atoms with Crippen molar-refractivity contribution >= 4 is 11.9 Å². The van der Waals surface area contributed by atoms with E-state index in [4.69, 9.17) is 4.74 Å². The third-order valence-corrected chi connectivity index (χ3v) is 4.38. The van der Waals surface area contributed by atoms with E-state index in [0.29, 0.717) is 25.3 Å². The molecule has 0 radical (unpaired) electrons. The second kappa shape index (κ2) is 6.58. The Morgan fingerprint density at radius 1 is 1.27 bits per heavy atom. The number of fused-ring (bicyclic) bond motifs is 1. The summed E-state index contributed by atoms with van der Waals surface area (Å²) in [5.41, 5.74) is 1.47. The molecule has 0 saturated carbocycles. The molecule has 120 valence electrons. The normalized spacial score (nSPS) is 18.9. The number of anilines is 1. The predicted molar refractivity (Wildman–Crippen MR) is 83.0 cm³/mol. The van der Waals surface area contributed by atoms with Crippen molar-refractivity contribution in [3.63, 3.8) is 0 Å². The number of likely N-dealkylation sites (N-methyl/N-ethyl adjacent to an activating group) is 1. The number of amides is 1. The van der Waals surface area contributed by atoms with Crippen LogP contribution in [0.25, 0.3) is 0 Å². The van der Waals surface area contributed by atoms with E-state index >= 15 is 0 Å². The fourth-order valence-corrected chi connectivity index (χ4v) is 2.93. The minimum Gasteiger partial charge on any atom is -0.383 e. The Morgan fingerprint density at radius 3 is 2.73 bits per heavy atom. The zero-order chi connectivity index (χ0) is 15.5. The minimum absolute atomic E-state index is 0.00871. The van der Waals surface area contributed by atoms with Gasteiger partial charge in [-0.25, -0.2) is 9.97 Å². The van der Waals surface area contributed by atoms with Crippen molar-refractivity contribution in [2.24, 2.45) is 0 Å². The van der Waals surface area contributed by atoms with Crippen LogP contribution in [0.5, 0.6) is 0 Å². The van der Waals surface area contributed by atoms with Gasteiger partial charge in [-0.1, -0.05) is 6.92 Å². The van der Waals surface area contributed by atoms with Crippen molar-refractivity contribution in [3.05, 3.63) is 17.5 Å². The SMILES string of the molecule is CCN1CCN(c2ncc3c(n2)CN(CCOC)C3=O)CC1. The smallest absolute Gasteiger partial charge is 0.257 e. The summed E-state index contributed by atoms with van der Waals surface area (Å²) < 4.78 is 5.05. The zero-order valence-corrected chi connectivity index (χ0v) is 13.3. The highest BCUT2D eigenvalue weighted by Crippen LogP contribution is 2.22. The fraction of sp³-hybridized carbons (Fsp3) is 0.667. The first kappa shape index (κ1) is 15.2. The zero-order valence-electron chi connectivity index (χ0n) is 13.3. The Kier molecular flexibility index (Phi) is 4.54. The Balaban J connectivity index is 1.70.